The average molecular weight is 284 g/mol. The molecule has 0 saturated carbocycles. The molecule has 0 fully saturated rings. The van der Waals surface area contributed by atoms with Gasteiger partial charge in [-0.25, -0.2) is 4.98 Å². The van der Waals surface area contributed by atoms with Crippen molar-refractivity contribution in [2.24, 2.45) is 0 Å². The molecule has 0 aliphatic rings. The number of halogens is 1. The SMILES string of the molecule is O=S(=O)(O)c1cccc(CNc2ncnc(F)n2)c1. The Kier molecular flexibility index (Phi) is 3.67. The van der Waals surface area contributed by atoms with E-state index in [1.54, 1.807) is 6.07 Å². The fourth-order valence-electron chi connectivity index (χ4n) is 1.36. The molecule has 0 radical (unpaired) electrons. The van der Waals surface area contributed by atoms with Gasteiger partial charge in [-0.15, -0.1) is 0 Å². The van der Waals surface area contributed by atoms with Crippen molar-refractivity contribution in [1.29, 1.82) is 0 Å². The van der Waals surface area contributed by atoms with E-state index in [-0.39, 0.29) is 17.4 Å². The van der Waals surface area contributed by atoms with Crippen LogP contribution in [0.5, 0.6) is 0 Å². The van der Waals surface area contributed by atoms with E-state index >= 15 is 0 Å². The van der Waals surface area contributed by atoms with Gasteiger partial charge in [0.15, 0.2) is 0 Å². The highest BCUT2D eigenvalue weighted by atomic mass is 32.2. The Balaban J connectivity index is 2.12. The van der Waals surface area contributed by atoms with E-state index in [0.29, 0.717) is 5.56 Å². The first-order valence-corrected chi connectivity index (χ1v) is 6.54. The molecule has 2 rings (SSSR count). The summed E-state index contributed by atoms with van der Waals surface area (Å²) in [6.45, 7) is 0.173. The smallest absolute Gasteiger partial charge is 0.313 e. The molecule has 0 saturated heterocycles. The van der Waals surface area contributed by atoms with E-state index in [4.69, 9.17) is 4.55 Å². The van der Waals surface area contributed by atoms with Crippen LogP contribution in [0.4, 0.5) is 10.3 Å². The second-order valence-corrected chi connectivity index (χ2v) is 4.98. The molecule has 1 aromatic heterocycles. The van der Waals surface area contributed by atoms with Gasteiger partial charge in [0.05, 0.1) is 4.90 Å². The van der Waals surface area contributed by atoms with E-state index in [2.05, 4.69) is 20.3 Å². The van der Waals surface area contributed by atoms with Gasteiger partial charge in [-0.2, -0.15) is 22.8 Å². The molecule has 0 amide bonds. The molecule has 2 aromatic rings. The molecular weight excluding hydrogens is 275 g/mol. The van der Waals surface area contributed by atoms with Crippen molar-refractivity contribution in [3.8, 4) is 0 Å². The Morgan fingerprint density at radius 3 is 2.79 bits per heavy atom. The van der Waals surface area contributed by atoms with Gasteiger partial charge in [-0.3, -0.25) is 4.55 Å². The van der Waals surface area contributed by atoms with Crippen LogP contribution in [0.15, 0.2) is 35.5 Å². The van der Waals surface area contributed by atoms with Crippen LogP contribution >= 0.6 is 0 Å². The highest BCUT2D eigenvalue weighted by molar-refractivity contribution is 7.85. The maximum absolute atomic E-state index is 12.7. The summed E-state index contributed by atoms with van der Waals surface area (Å²) in [5.74, 6) is 0.0322. The van der Waals surface area contributed by atoms with Crippen molar-refractivity contribution in [3.63, 3.8) is 0 Å². The molecule has 0 aliphatic carbocycles. The van der Waals surface area contributed by atoms with Crippen LogP contribution in [0.25, 0.3) is 0 Å². The monoisotopic (exact) mass is 284 g/mol. The van der Waals surface area contributed by atoms with Crippen molar-refractivity contribution in [2.75, 3.05) is 5.32 Å². The van der Waals surface area contributed by atoms with Gasteiger partial charge in [-0.05, 0) is 17.7 Å². The third-order valence-corrected chi connectivity index (χ3v) is 3.04. The first-order chi connectivity index (χ1) is 8.95. The summed E-state index contributed by atoms with van der Waals surface area (Å²) in [6.07, 6.45) is 0.100. The number of benzene rings is 1. The Morgan fingerprint density at radius 1 is 1.32 bits per heavy atom. The molecule has 0 aliphatic heterocycles. The molecule has 1 heterocycles. The molecule has 2 N–H and O–H groups in total. The zero-order chi connectivity index (χ0) is 13.9. The lowest BCUT2D eigenvalue weighted by molar-refractivity contribution is 0.483. The Labute approximate surface area is 108 Å². The number of rotatable bonds is 4. The molecule has 100 valence electrons. The van der Waals surface area contributed by atoms with E-state index in [1.165, 1.54) is 18.2 Å². The minimum absolute atomic E-state index is 0.0322. The highest BCUT2D eigenvalue weighted by Crippen LogP contribution is 2.12. The van der Waals surface area contributed by atoms with Crippen molar-refractivity contribution < 1.29 is 17.4 Å². The summed E-state index contributed by atoms with van der Waals surface area (Å²) >= 11 is 0. The molecular formula is C10H9FN4O3S. The van der Waals surface area contributed by atoms with Crippen molar-refractivity contribution >= 4 is 16.1 Å². The fourth-order valence-corrected chi connectivity index (χ4v) is 1.91. The van der Waals surface area contributed by atoms with Gasteiger partial charge < -0.3 is 5.32 Å². The fraction of sp³-hybridized carbons (Fsp3) is 0.100. The maximum Gasteiger partial charge on any atom is 0.313 e. The first kappa shape index (κ1) is 13.3. The summed E-state index contributed by atoms with van der Waals surface area (Å²) in [7, 11) is -4.24. The van der Waals surface area contributed by atoms with E-state index in [0.717, 1.165) is 6.33 Å². The normalized spacial score (nSPS) is 11.3. The van der Waals surface area contributed by atoms with Crippen LogP contribution < -0.4 is 5.32 Å². The molecule has 19 heavy (non-hydrogen) atoms. The Hall–Kier alpha value is -2.13. The molecule has 7 nitrogen and oxygen atoms in total. The number of nitrogens with zero attached hydrogens (tertiary/aromatic N) is 3. The summed E-state index contributed by atoms with van der Waals surface area (Å²) < 4.78 is 43.5. The summed E-state index contributed by atoms with van der Waals surface area (Å²) in [5.41, 5.74) is 0.566. The maximum atomic E-state index is 12.7. The topological polar surface area (TPSA) is 105 Å². The zero-order valence-electron chi connectivity index (χ0n) is 9.49. The minimum Gasteiger partial charge on any atom is -0.350 e. The van der Waals surface area contributed by atoms with Gasteiger partial charge >= 0.3 is 6.08 Å². The lowest BCUT2D eigenvalue weighted by atomic mass is 10.2. The van der Waals surface area contributed by atoms with Crippen molar-refractivity contribution in [3.05, 3.63) is 42.2 Å². The second-order valence-electron chi connectivity index (χ2n) is 3.55. The van der Waals surface area contributed by atoms with Crippen LogP contribution in [0.2, 0.25) is 0 Å². The predicted molar refractivity (Wildman–Crippen MR) is 63.4 cm³/mol. The van der Waals surface area contributed by atoms with Gasteiger partial charge in [0.25, 0.3) is 10.1 Å². The number of nitrogens with one attached hydrogen (secondary N) is 1. The average Bonchev–Trinajstić information content (AvgIpc) is 2.36. The van der Waals surface area contributed by atoms with Crippen LogP contribution in [0.3, 0.4) is 0 Å². The van der Waals surface area contributed by atoms with Gasteiger partial charge in [0, 0.05) is 6.54 Å². The highest BCUT2D eigenvalue weighted by Gasteiger charge is 2.09. The molecule has 0 bridgehead atoms. The summed E-state index contributed by atoms with van der Waals surface area (Å²) in [5, 5.41) is 2.70. The lowest BCUT2D eigenvalue weighted by Crippen LogP contribution is -2.06. The summed E-state index contributed by atoms with van der Waals surface area (Å²) in [4.78, 5) is 10.1. The molecule has 0 atom stereocenters. The number of anilines is 1. The van der Waals surface area contributed by atoms with E-state index < -0.39 is 16.2 Å². The van der Waals surface area contributed by atoms with Crippen LogP contribution in [-0.2, 0) is 16.7 Å². The minimum atomic E-state index is -4.24. The number of hydrogen-bond donors (Lipinski definition) is 2. The van der Waals surface area contributed by atoms with Crippen LogP contribution in [0.1, 0.15) is 5.56 Å². The molecule has 0 spiro atoms. The van der Waals surface area contributed by atoms with Gasteiger partial charge in [0.1, 0.15) is 6.33 Å². The number of hydrogen-bond acceptors (Lipinski definition) is 6. The quantitative estimate of drug-likeness (QED) is 0.802. The number of aromatic nitrogens is 3. The third-order valence-electron chi connectivity index (χ3n) is 2.19. The Bertz CT molecular complexity index is 693. The van der Waals surface area contributed by atoms with Crippen LogP contribution in [-0.4, -0.2) is 27.9 Å². The first-order valence-electron chi connectivity index (χ1n) is 5.10. The lowest BCUT2D eigenvalue weighted by Gasteiger charge is -2.05. The van der Waals surface area contributed by atoms with E-state index in [1.807, 2.05) is 0 Å². The van der Waals surface area contributed by atoms with Gasteiger partial charge in [-0.1, -0.05) is 12.1 Å². The third kappa shape index (κ3) is 3.66. The molecule has 0 unspecified atom stereocenters. The van der Waals surface area contributed by atoms with E-state index in [9.17, 15) is 12.8 Å². The predicted octanol–water partition coefficient (Wildman–Crippen LogP) is 0.870. The second kappa shape index (κ2) is 5.24. The van der Waals surface area contributed by atoms with Crippen molar-refractivity contribution in [1.82, 2.24) is 15.0 Å². The Morgan fingerprint density at radius 2 is 2.11 bits per heavy atom. The van der Waals surface area contributed by atoms with Crippen LogP contribution in [0, 0.1) is 6.08 Å². The zero-order valence-corrected chi connectivity index (χ0v) is 10.3. The standard InChI is InChI=1S/C10H9FN4O3S/c11-9-13-6-14-10(15-9)12-5-7-2-1-3-8(4-7)19(16,17)18/h1-4,6H,5H2,(H,16,17,18)(H,12,13,14,15). The van der Waals surface area contributed by atoms with Crippen molar-refractivity contribution in [2.45, 2.75) is 11.4 Å². The summed E-state index contributed by atoms with van der Waals surface area (Å²) in [6, 6.07) is 5.68. The molecule has 9 heteroatoms. The molecule has 1 aromatic carbocycles. The largest absolute Gasteiger partial charge is 0.350 e. The van der Waals surface area contributed by atoms with Gasteiger partial charge in [0.2, 0.25) is 5.95 Å².